The number of nitrogens with two attached hydrogens (primary N) is 2. The smallest absolute Gasteiger partial charge is 0.248 e. The van der Waals surface area contributed by atoms with Gasteiger partial charge in [-0.1, -0.05) is 0 Å². The van der Waals surface area contributed by atoms with E-state index in [1.165, 1.54) is 18.2 Å². The fraction of sp³-hybridized carbons (Fsp3) is 0.250. The molecule has 0 unspecified atom stereocenters. The third-order valence-corrected chi connectivity index (χ3v) is 1.85. The maximum absolute atomic E-state index is 12.9. The molecule has 1 aromatic rings. The fourth-order valence-corrected chi connectivity index (χ4v) is 1.05. The van der Waals surface area contributed by atoms with Crippen molar-refractivity contribution in [1.82, 2.24) is 0 Å². The fourth-order valence-electron chi connectivity index (χ4n) is 1.05. The Bertz CT molecular complexity index is 394. The van der Waals surface area contributed by atoms with Crippen molar-refractivity contribution in [3.05, 3.63) is 41.7 Å². The standard InChI is InChI=1S/C11H13FN2O2.CH4S/c12-9(5-6-13)7-16-10-3-1-8(2-4-10)11(14)15;1-2/h1-5H,6-7,13H2,(H2,14,15);2H,1H3/b9-5+;. The van der Waals surface area contributed by atoms with Crippen LogP contribution in [0.5, 0.6) is 5.75 Å². The molecule has 0 aliphatic rings. The third-order valence-electron chi connectivity index (χ3n) is 1.85. The van der Waals surface area contributed by atoms with Crippen molar-refractivity contribution >= 4 is 18.5 Å². The average molecular weight is 272 g/mol. The van der Waals surface area contributed by atoms with E-state index in [-0.39, 0.29) is 13.2 Å². The summed E-state index contributed by atoms with van der Waals surface area (Å²) in [6.45, 7) is -0.0388. The van der Waals surface area contributed by atoms with Gasteiger partial charge in [-0.05, 0) is 36.6 Å². The molecule has 0 saturated heterocycles. The van der Waals surface area contributed by atoms with E-state index in [1.54, 1.807) is 18.4 Å². The molecule has 1 aromatic carbocycles. The number of ether oxygens (including phenoxy) is 1. The predicted octanol–water partition coefficient (Wildman–Crippen LogP) is 1.52. The highest BCUT2D eigenvalue weighted by Gasteiger charge is 2.01. The van der Waals surface area contributed by atoms with E-state index in [0.717, 1.165) is 0 Å². The second-order valence-corrected chi connectivity index (χ2v) is 3.06. The number of primary amides is 1. The first-order valence-electron chi connectivity index (χ1n) is 5.15. The van der Waals surface area contributed by atoms with Crippen molar-refractivity contribution < 1.29 is 13.9 Å². The molecule has 0 aliphatic heterocycles. The number of carbonyl (C=O) groups is 1. The van der Waals surface area contributed by atoms with E-state index in [0.29, 0.717) is 11.3 Å². The lowest BCUT2D eigenvalue weighted by atomic mass is 10.2. The lowest BCUT2D eigenvalue weighted by molar-refractivity contribution is 0.100. The summed E-state index contributed by atoms with van der Waals surface area (Å²) >= 11 is 3.53. The Morgan fingerprint density at radius 1 is 1.39 bits per heavy atom. The molecule has 0 aliphatic carbocycles. The lowest BCUT2D eigenvalue weighted by Gasteiger charge is -2.04. The van der Waals surface area contributed by atoms with Gasteiger partial charge in [0.05, 0.1) is 0 Å². The molecule has 0 saturated carbocycles. The number of amides is 1. The van der Waals surface area contributed by atoms with E-state index in [4.69, 9.17) is 16.2 Å². The van der Waals surface area contributed by atoms with Crippen molar-refractivity contribution in [3.63, 3.8) is 0 Å². The molecule has 18 heavy (non-hydrogen) atoms. The molecule has 6 heteroatoms. The number of carbonyl (C=O) groups excluding carboxylic acids is 1. The normalized spacial score (nSPS) is 10.3. The Labute approximate surface area is 111 Å². The van der Waals surface area contributed by atoms with Crippen LogP contribution in [0.25, 0.3) is 0 Å². The third kappa shape index (κ3) is 6.27. The van der Waals surface area contributed by atoms with E-state index >= 15 is 0 Å². The molecule has 1 amide bonds. The summed E-state index contributed by atoms with van der Waals surface area (Å²) in [5.41, 5.74) is 10.6. The molecule has 1 rings (SSSR count). The van der Waals surface area contributed by atoms with Crippen molar-refractivity contribution in [1.29, 1.82) is 0 Å². The molecule has 4 nitrogen and oxygen atoms in total. The predicted molar refractivity (Wildman–Crippen MR) is 73.6 cm³/mol. The maximum Gasteiger partial charge on any atom is 0.248 e. The van der Waals surface area contributed by atoms with Gasteiger partial charge in [-0.3, -0.25) is 4.79 Å². The number of thiol groups is 1. The minimum Gasteiger partial charge on any atom is -0.487 e. The Balaban J connectivity index is 0.00000137. The second kappa shape index (κ2) is 9.49. The summed E-state index contributed by atoms with van der Waals surface area (Å²) in [6, 6.07) is 6.13. The van der Waals surface area contributed by atoms with Gasteiger partial charge < -0.3 is 16.2 Å². The van der Waals surface area contributed by atoms with Crippen LogP contribution >= 0.6 is 12.6 Å². The summed E-state index contributed by atoms with van der Waals surface area (Å²) in [5, 5.41) is 0. The van der Waals surface area contributed by atoms with Crippen LogP contribution in [0.15, 0.2) is 36.2 Å². The zero-order chi connectivity index (χ0) is 14.0. The summed E-state index contributed by atoms with van der Waals surface area (Å²) in [5.74, 6) is -0.479. The van der Waals surface area contributed by atoms with Crippen LogP contribution in [0.1, 0.15) is 10.4 Å². The quantitative estimate of drug-likeness (QED) is 0.711. The molecule has 0 spiro atoms. The monoisotopic (exact) mass is 272 g/mol. The lowest BCUT2D eigenvalue weighted by Crippen LogP contribution is -2.10. The minimum atomic E-state index is -0.513. The number of hydrogen-bond donors (Lipinski definition) is 3. The van der Waals surface area contributed by atoms with Crippen LogP contribution in [0.4, 0.5) is 4.39 Å². The molecule has 100 valence electrons. The zero-order valence-electron chi connectivity index (χ0n) is 10.1. The Morgan fingerprint density at radius 2 is 1.94 bits per heavy atom. The van der Waals surface area contributed by atoms with E-state index in [9.17, 15) is 9.18 Å². The number of hydrogen-bond acceptors (Lipinski definition) is 4. The topological polar surface area (TPSA) is 78.3 Å². The molecule has 0 radical (unpaired) electrons. The Hall–Kier alpha value is -1.53. The molecular formula is C12H17FN2O2S. The van der Waals surface area contributed by atoms with Gasteiger partial charge in [0.1, 0.15) is 18.2 Å². The highest BCUT2D eigenvalue weighted by atomic mass is 32.1. The Morgan fingerprint density at radius 3 is 2.39 bits per heavy atom. The maximum atomic E-state index is 12.9. The molecular weight excluding hydrogens is 255 g/mol. The van der Waals surface area contributed by atoms with Crippen LogP contribution in [0, 0.1) is 0 Å². The number of benzene rings is 1. The van der Waals surface area contributed by atoms with Gasteiger partial charge in [-0.2, -0.15) is 12.6 Å². The van der Waals surface area contributed by atoms with E-state index in [2.05, 4.69) is 12.6 Å². The van der Waals surface area contributed by atoms with Crippen LogP contribution in [-0.4, -0.2) is 25.3 Å². The van der Waals surface area contributed by atoms with Gasteiger partial charge in [0.2, 0.25) is 5.91 Å². The van der Waals surface area contributed by atoms with Gasteiger partial charge in [0.25, 0.3) is 0 Å². The van der Waals surface area contributed by atoms with E-state index in [1.807, 2.05) is 0 Å². The van der Waals surface area contributed by atoms with Crippen molar-refractivity contribution in [2.75, 3.05) is 19.4 Å². The first kappa shape index (κ1) is 16.5. The number of halogens is 1. The first-order valence-corrected chi connectivity index (χ1v) is 6.05. The summed E-state index contributed by atoms with van der Waals surface area (Å²) in [4.78, 5) is 10.8. The highest BCUT2D eigenvalue weighted by Crippen LogP contribution is 2.13. The van der Waals surface area contributed by atoms with Gasteiger partial charge in [0, 0.05) is 12.1 Å². The second-order valence-electron chi connectivity index (χ2n) is 3.06. The summed E-state index contributed by atoms with van der Waals surface area (Å²) < 4.78 is 18.0. The zero-order valence-corrected chi connectivity index (χ0v) is 11.0. The highest BCUT2D eigenvalue weighted by molar-refractivity contribution is 7.79. The van der Waals surface area contributed by atoms with Crippen LogP contribution in [-0.2, 0) is 0 Å². The van der Waals surface area contributed by atoms with Crippen LogP contribution in [0.2, 0.25) is 0 Å². The van der Waals surface area contributed by atoms with Crippen molar-refractivity contribution in [2.24, 2.45) is 11.5 Å². The molecule has 0 fully saturated rings. The van der Waals surface area contributed by atoms with Crippen molar-refractivity contribution in [2.45, 2.75) is 0 Å². The summed E-state index contributed by atoms with van der Waals surface area (Å²) in [7, 11) is 0. The van der Waals surface area contributed by atoms with Gasteiger partial charge in [-0.25, -0.2) is 4.39 Å². The van der Waals surface area contributed by atoms with Crippen molar-refractivity contribution in [3.8, 4) is 5.75 Å². The first-order chi connectivity index (χ1) is 8.63. The number of rotatable bonds is 5. The molecule has 0 aromatic heterocycles. The average Bonchev–Trinajstić information content (AvgIpc) is 2.39. The molecule has 0 heterocycles. The van der Waals surface area contributed by atoms with Gasteiger partial charge in [-0.15, -0.1) is 0 Å². The minimum absolute atomic E-state index is 0.135. The van der Waals surface area contributed by atoms with Gasteiger partial charge in [0.15, 0.2) is 0 Å². The SMILES string of the molecule is CS.NC/C=C(/F)COc1ccc(C(N)=O)cc1. The largest absolute Gasteiger partial charge is 0.487 e. The molecule has 4 N–H and O–H groups in total. The van der Waals surface area contributed by atoms with E-state index < -0.39 is 11.7 Å². The molecule has 0 bridgehead atoms. The summed E-state index contributed by atoms with van der Waals surface area (Å²) in [6.07, 6.45) is 2.93. The Kier molecular flexibility index (Phi) is 8.69. The van der Waals surface area contributed by atoms with Crippen LogP contribution < -0.4 is 16.2 Å². The van der Waals surface area contributed by atoms with Gasteiger partial charge >= 0.3 is 0 Å². The van der Waals surface area contributed by atoms with Crippen LogP contribution in [0.3, 0.4) is 0 Å². The molecule has 0 atom stereocenters.